The second kappa shape index (κ2) is 6.44. The van der Waals surface area contributed by atoms with Gasteiger partial charge in [-0.2, -0.15) is 0 Å². The second-order valence-corrected chi connectivity index (χ2v) is 7.65. The minimum atomic E-state index is -0.0870. The van der Waals surface area contributed by atoms with Gasteiger partial charge in [0.1, 0.15) is 5.75 Å². The van der Waals surface area contributed by atoms with E-state index in [0.717, 1.165) is 29.3 Å². The molecule has 1 atom stereocenters. The van der Waals surface area contributed by atoms with Crippen LogP contribution in [0.4, 0.5) is 0 Å². The van der Waals surface area contributed by atoms with Crippen LogP contribution in [0.1, 0.15) is 43.5 Å². The van der Waals surface area contributed by atoms with Crippen molar-refractivity contribution >= 4 is 17.3 Å². The number of thiocarbonyl (C=S) groups is 1. The summed E-state index contributed by atoms with van der Waals surface area (Å²) in [7, 11) is 0. The van der Waals surface area contributed by atoms with E-state index >= 15 is 0 Å². The van der Waals surface area contributed by atoms with Gasteiger partial charge in [0.15, 0.2) is 5.11 Å². The topological polar surface area (TPSA) is 35.5 Å². The maximum atomic E-state index is 10.6. The van der Waals surface area contributed by atoms with E-state index in [9.17, 15) is 5.11 Å². The van der Waals surface area contributed by atoms with Gasteiger partial charge < -0.3 is 15.3 Å². The van der Waals surface area contributed by atoms with Crippen molar-refractivity contribution in [2.24, 2.45) is 0 Å². The molecule has 1 aliphatic heterocycles. The summed E-state index contributed by atoms with van der Waals surface area (Å²) < 4.78 is 0. The van der Waals surface area contributed by atoms with Crippen LogP contribution in [0.2, 0.25) is 0 Å². The van der Waals surface area contributed by atoms with Gasteiger partial charge in [-0.05, 0) is 40.9 Å². The van der Waals surface area contributed by atoms with E-state index < -0.39 is 0 Å². The van der Waals surface area contributed by atoms with Crippen LogP contribution in [0.25, 0.3) is 0 Å². The number of hydrogen-bond acceptors (Lipinski definition) is 2. The largest absolute Gasteiger partial charge is 0.508 e. The average Bonchev–Trinajstić information content (AvgIpc) is 2.95. The van der Waals surface area contributed by atoms with Crippen molar-refractivity contribution < 1.29 is 5.11 Å². The van der Waals surface area contributed by atoms with Gasteiger partial charge in [0.25, 0.3) is 0 Å². The molecule has 0 aliphatic carbocycles. The Bertz CT molecular complexity index is 737. The number of phenolic OH excluding ortho intramolecular Hbond substituents is 1. The summed E-state index contributed by atoms with van der Waals surface area (Å²) in [6.07, 6.45) is 0. The van der Waals surface area contributed by atoms with Crippen LogP contribution in [0.5, 0.6) is 5.75 Å². The van der Waals surface area contributed by atoms with E-state index in [1.807, 2.05) is 24.3 Å². The van der Waals surface area contributed by atoms with Gasteiger partial charge >= 0.3 is 0 Å². The van der Waals surface area contributed by atoms with Crippen molar-refractivity contribution in [3.05, 3.63) is 65.2 Å². The minimum absolute atomic E-state index is 0.0213. The Balaban J connectivity index is 2.14. The lowest BCUT2D eigenvalue weighted by Crippen LogP contribution is -2.33. The SMILES string of the molecule is CC(C)(C)c1ccc(O)c(C(c2ccccc2)N2CCNC2=S)c1. The van der Waals surface area contributed by atoms with Crippen molar-refractivity contribution in [2.45, 2.75) is 32.2 Å². The molecule has 1 unspecified atom stereocenters. The number of hydrogen-bond donors (Lipinski definition) is 2. The summed E-state index contributed by atoms with van der Waals surface area (Å²) in [4.78, 5) is 2.16. The van der Waals surface area contributed by atoms with E-state index in [0.29, 0.717) is 5.75 Å². The van der Waals surface area contributed by atoms with Gasteiger partial charge in [0, 0.05) is 18.7 Å². The normalized spacial score (nSPS) is 16.1. The molecule has 1 fully saturated rings. The van der Waals surface area contributed by atoms with Crippen LogP contribution >= 0.6 is 12.2 Å². The predicted molar refractivity (Wildman–Crippen MR) is 102 cm³/mol. The highest BCUT2D eigenvalue weighted by Crippen LogP contribution is 2.37. The fourth-order valence-corrected chi connectivity index (χ4v) is 3.43. The van der Waals surface area contributed by atoms with Gasteiger partial charge in [0.2, 0.25) is 0 Å². The Morgan fingerprint density at radius 3 is 2.42 bits per heavy atom. The monoisotopic (exact) mass is 340 g/mol. The van der Waals surface area contributed by atoms with E-state index in [2.05, 4.69) is 49.2 Å². The molecule has 0 radical (unpaired) electrons. The van der Waals surface area contributed by atoms with E-state index in [1.54, 1.807) is 6.07 Å². The number of rotatable bonds is 3. The standard InChI is InChI=1S/C20H24N2OS/c1-20(2,3)15-9-10-17(23)16(13-15)18(14-7-5-4-6-8-14)22-12-11-21-19(22)24/h4-10,13,18,23H,11-12H2,1-3H3,(H,21,24). The van der Waals surface area contributed by atoms with Crippen LogP contribution < -0.4 is 5.32 Å². The third kappa shape index (κ3) is 3.24. The van der Waals surface area contributed by atoms with Crippen LogP contribution in [0.3, 0.4) is 0 Å². The Morgan fingerprint density at radius 1 is 1.12 bits per heavy atom. The van der Waals surface area contributed by atoms with Crippen molar-refractivity contribution in [3.8, 4) is 5.75 Å². The Morgan fingerprint density at radius 2 is 1.83 bits per heavy atom. The van der Waals surface area contributed by atoms with Gasteiger partial charge in [0.05, 0.1) is 6.04 Å². The van der Waals surface area contributed by atoms with Crippen LogP contribution in [-0.2, 0) is 5.41 Å². The number of nitrogens with zero attached hydrogens (tertiary/aromatic N) is 1. The molecule has 3 rings (SSSR count). The first-order valence-corrected chi connectivity index (χ1v) is 8.71. The summed E-state index contributed by atoms with van der Waals surface area (Å²) in [5.41, 5.74) is 3.26. The van der Waals surface area contributed by atoms with Gasteiger partial charge in [-0.3, -0.25) is 0 Å². The highest BCUT2D eigenvalue weighted by molar-refractivity contribution is 7.80. The van der Waals surface area contributed by atoms with Crippen LogP contribution in [0, 0.1) is 0 Å². The van der Waals surface area contributed by atoms with E-state index in [1.165, 1.54) is 5.56 Å². The lowest BCUT2D eigenvalue weighted by molar-refractivity contribution is 0.378. The molecule has 0 bridgehead atoms. The first-order valence-electron chi connectivity index (χ1n) is 8.31. The number of nitrogens with one attached hydrogen (secondary N) is 1. The maximum absolute atomic E-state index is 10.6. The molecule has 0 spiro atoms. The Labute approximate surface area is 149 Å². The van der Waals surface area contributed by atoms with Crippen LogP contribution in [-0.4, -0.2) is 28.2 Å². The molecule has 1 heterocycles. The molecule has 2 N–H and O–H groups in total. The summed E-state index contributed by atoms with van der Waals surface area (Å²) in [5, 5.41) is 14.6. The molecule has 126 valence electrons. The molecule has 0 aromatic heterocycles. The lowest BCUT2D eigenvalue weighted by Gasteiger charge is -2.31. The third-order valence-electron chi connectivity index (χ3n) is 4.50. The fourth-order valence-electron chi connectivity index (χ4n) is 3.14. The molecule has 24 heavy (non-hydrogen) atoms. The van der Waals surface area contributed by atoms with Crippen molar-refractivity contribution in [1.29, 1.82) is 0 Å². The van der Waals surface area contributed by atoms with E-state index in [4.69, 9.17) is 12.2 Å². The summed E-state index contributed by atoms with van der Waals surface area (Å²) in [6.45, 7) is 8.22. The predicted octanol–water partition coefficient (Wildman–Crippen LogP) is 3.97. The van der Waals surface area contributed by atoms with E-state index in [-0.39, 0.29) is 11.5 Å². The molecule has 2 aromatic carbocycles. The summed E-state index contributed by atoms with van der Waals surface area (Å²) in [5.74, 6) is 0.312. The quantitative estimate of drug-likeness (QED) is 0.829. The molecule has 3 nitrogen and oxygen atoms in total. The molecule has 1 aliphatic rings. The molecular weight excluding hydrogens is 316 g/mol. The zero-order chi connectivity index (χ0) is 17.3. The Kier molecular flexibility index (Phi) is 4.50. The number of phenols is 1. The van der Waals surface area contributed by atoms with Gasteiger partial charge in [-0.25, -0.2) is 0 Å². The van der Waals surface area contributed by atoms with Gasteiger partial charge in [-0.1, -0.05) is 57.2 Å². The zero-order valence-corrected chi connectivity index (χ0v) is 15.2. The molecule has 0 saturated carbocycles. The molecule has 1 saturated heterocycles. The number of aromatic hydroxyl groups is 1. The highest BCUT2D eigenvalue weighted by atomic mass is 32.1. The number of benzene rings is 2. The van der Waals surface area contributed by atoms with Crippen molar-refractivity contribution in [3.63, 3.8) is 0 Å². The summed E-state index contributed by atoms with van der Waals surface area (Å²) >= 11 is 5.50. The maximum Gasteiger partial charge on any atom is 0.169 e. The second-order valence-electron chi connectivity index (χ2n) is 7.26. The molecule has 0 amide bonds. The summed E-state index contributed by atoms with van der Waals surface area (Å²) in [6, 6.07) is 16.1. The smallest absolute Gasteiger partial charge is 0.169 e. The van der Waals surface area contributed by atoms with Crippen molar-refractivity contribution in [1.82, 2.24) is 10.2 Å². The molecule has 2 aromatic rings. The van der Waals surface area contributed by atoms with Crippen LogP contribution in [0.15, 0.2) is 48.5 Å². The third-order valence-corrected chi connectivity index (χ3v) is 4.88. The lowest BCUT2D eigenvalue weighted by atomic mass is 9.84. The first-order chi connectivity index (χ1) is 11.4. The minimum Gasteiger partial charge on any atom is -0.508 e. The molecule has 4 heteroatoms. The van der Waals surface area contributed by atoms with Gasteiger partial charge in [-0.15, -0.1) is 0 Å². The highest BCUT2D eigenvalue weighted by Gasteiger charge is 2.30. The Hall–Kier alpha value is -2.07. The van der Waals surface area contributed by atoms with Crippen molar-refractivity contribution in [2.75, 3.05) is 13.1 Å². The average molecular weight is 340 g/mol. The first kappa shape index (κ1) is 16.8. The zero-order valence-electron chi connectivity index (χ0n) is 14.4. The fraction of sp³-hybridized carbons (Fsp3) is 0.350. The molecular formula is C20H24N2OS.